The highest BCUT2D eigenvalue weighted by molar-refractivity contribution is 5.99. The van der Waals surface area contributed by atoms with E-state index in [-0.39, 0.29) is 18.6 Å². The van der Waals surface area contributed by atoms with Gasteiger partial charge in [0.1, 0.15) is 0 Å². The van der Waals surface area contributed by atoms with Gasteiger partial charge in [-0.15, -0.1) is 0 Å². The van der Waals surface area contributed by atoms with Crippen LogP contribution >= 0.6 is 0 Å². The Bertz CT molecular complexity index is 741. The Kier molecular flexibility index (Phi) is 4.31. The van der Waals surface area contributed by atoms with Crippen molar-refractivity contribution in [2.24, 2.45) is 5.92 Å². The number of carbonyl (C=O) groups is 1. The van der Waals surface area contributed by atoms with E-state index in [2.05, 4.69) is 16.4 Å². The standard InChI is InChI=1S/C20H26N2O2/c23-12-13-5-8-15(9-6-13)21-20(24)14-7-10-19-17(11-14)16-3-1-2-4-18(16)22-19/h7,10-11,13,15,22-23H,1-6,8-9,12H2,(H,21,24). The molecule has 4 rings (SSSR count). The Hall–Kier alpha value is -1.81. The van der Waals surface area contributed by atoms with Gasteiger partial charge in [-0.2, -0.15) is 0 Å². The summed E-state index contributed by atoms with van der Waals surface area (Å²) >= 11 is 0. The molecule has 2 aliphatic carbocycles. The van der Waals surface area contributed by atoms with Gasteiger partial charge < -0.3 is 15.4 Å². The highest BCUT2D eigenvalue weighted by Crippen LogP contribution is 2.30. The lowest BCUT2D eigenvalue weighted by molar-refractivity contribution is 0.0914. The molecule has 1 saturated carbocycles. The number of aryl methyl sites for hydroxylation is 2. The molecule has 0 aliphatic heterocycles. The van der Waals surface area contributed by atoms with Gasteiger partial charge in [0.05, 0.1) is 0 Å². The number of amides is 1. The van der Waals surface area contributed by atoms with Crippen LogP contribution in [0.5, 0.6) is 0 Å². The lowest BCUT2D eigenvalue weighted by atomic mass is 9.86. The quantitative estimate of drug-likeness (QED) is 0.810. The molecule has 0 unspecified atom stereocenters. The molecule has 0 bridgehead atoms. The van der Waals surface area contributed by atoms with E-state index >= 15 is 0 Å². The normalized spacial score (nSPS) is 23.9. The minimum Gasteiger partial charge on any atom is -0.396 e. The van der Waals surface area contributed by atoms with E-state index in [4.69, 9.17) is 0 Å². The highest BCUT2D eigenvalue weighted by Gasteiger charge is 2.23. The molecule has 3 N–H and O–H groups in total. The van der Waals surface area contributed by atoms with Crippen molar-refractivity contribution in [3.63, 3.8) is 0 Å². The predicted octanol–water partition coefficient (Wildman–Crippen LogP) is 3.33. The number of aliphatic hydroxyl groups is 1. The zero-order valence-electron chi connectivity index (χ0n) is 14.1. The van der Waals surface area contributed by atoms with Crippen LogP contribution in [-0.2, 0) is 12.8 Å². The van der Waals surface area contributed by atoms with Crippen LogP contribution in [0, 0.1) is 5.92 Å². The zero-order valence-corrected chi connectivity index (χ0v) is 14.1. The van der Waals surface area contributed by atoms with Gasteiger partial charge in [-0.3, -0.25) is 4.79 Å². The smallest absolute Gasteiger partial charge is 0.251 e. The maximum atomic E-state index is 12.6. The second kappa shape index (κ2) is 6.60. The average molecular weight is 326 g/mol. The molecule has 128 valence electrons. The molecule has 4 heteroatoms. The number of aromatic nitrogens is 1. The lowest BCUT2D eigenvalue weighted by Gasteiger charge is -2.28. The van der Waals surface area contributed by atoms with Gasteiger partial charge >= 0.3 is 0 Å². The summed E-state index contributed by atoms with van der Waals surface area (Å²) in [6.45, 7) is 0.274. The van der Waals surface area contributed by atoms with Gasteiger partial charge in [0.15, 0.2) is 0 Å². The van der Waals surface area contributed by atoms with Crippen molar-refractivity contribution in [1.82, 2.24) is 10.3 Å². The minimum atomic E-state index is 0.0371. The second-order valence-corrected chi connectivity index (χ2v) is 7.42. The maximum absolute atomic E-state index is 12.6. The summed E-state index contributed by atoms with van der Waals surface area (Å²) in [5.74, 6) is 0.455. The fourth-order valence-electron chi connectivity index (χ4n) is 4.31. The Balaban J connectivity index is 1.50. The first-order valence-electron chi connectivity index (χ1n) is 9.30. The molecule has 0 atom stereocenters. The third-order valence-electron chi connectivity index (χ3n) is 5.80. The van der Waals surface area contributed by atoms with E-state index in [0.29, 0.717) is 5.92 Å². The summed E-state index contributed by atoms with van der Waals surface area (Å²) in [4.78, 5) is 16.1. The van der Waals surface area contributed by atoms with Crippen LogP contribution < -0.4 is 5.32 Å². The van der Waals surface area contributed by atoms with Crippen molar-refractivity contribution in [2.45, 2.75) is 57.4 Å². The van der Waals surface area contributed by atoms with E-state index in [1.54, 1.807) is 0 Å². The molecule has 0 radical (unpaired) electrons. The molecular weight excluding hydrogens is 300 g/mol. The third-order valence-corrected chi connectivity index (χ3v) is 5.80. The SMILES string of the molecule is O=C(NC1CCC(CO)CC1)c1ccc2[nH]c3c(c2c1)CCCC3. The number of carbonyl (C=O) groups excluding carboxylic acids is 1. The summed E-state index contributed by atoms with van der Waals surface area (Å²) in [6, 6.07) is 6.28. The van der Waals surface area contributed by atoms with Crippen molar-refractivity contribution in [3.05, 3.63) is 35.0 Å². The molecule has 4 nitrogen and oxygen atoms in total. The van der Waals surface area contributed by atoms with Crippen LogP contribution in [0.25, 0.3) is 10.9 Å². The predicted molar refractivity (Wildman–Crippen MR) is 95.2 cm³/mol. The first-order valence-corrected chi connectivity index (χ1v) is 9.30. The van der Waals surface area contributed by atoms with Gasteiger partial charge in [-0.1, -0.05) is 0 Å². The largest absolute Gasteiger partial charge is 0.396 e. The molecule has 2 aliphatic rings. The molecule has 0 spiro atoms. The number of aromatic amines is 1. The highest BCUT2D eigenvalue weighted by atomic mass is 16.3. The molecule has 1 aromatic heterocycles. The monoisotopic (exact) mass is 326 g/mol. The Morgan fingerprint density at radius 3 is 2.75 bits per heavy atom. The van der Waals surface area contributed by atoms with Crippen LogP contribution in [0.2, 0.25) is 0 Å². The van der Waals surface area contributed by atoms with E-state index < -0.39 is 0 Å². The van der Waals surface area contributed by atoms with Gasteiger partial charge in [-0.05, 0) is 81.0 Å². The van der Waals surface area contributed by atoms with Crippen molar-refractivity contribution < 1.29 is 9.90 Å². The number of nitrogens with one attached hydrogen (secondary N) is 2. The minimum absolute atomic E-state index is 0.0371. The van der Waals surface area contributed by atoms with Crippen molar-refractivity contribution in [2.75, 3.05) is 6.61 Å². The number of aliphatic hydroxyl groups excluding tert-OH is 1. The number of hydrogen-bond donors (Lipinski definition) is 3. The van der Waals surface area contributed by atoms with Crippen LogP contribution in [-0.4, -0.2) is 28.6 Å². The van der Waals surface area contributed by atoms with Gasteiger partial charge in [0, 0.05) is 34.8 Å². The molecule has 2 aromatic rings. The van der Waals surface area contributed by atoms with E-state index in [9.17, 15) is 9.90 Å². The Morgan fingerprint density at radius 1 is 1.17 bits per heavy atom. The van der Waals surface area contributed by atoms with E-state index in [1.807, 2.05) is 12.1 Å². The summed E-state index contributed by atoms with van der Waals surface area (Å²) in [5, 5.41) is 13.6. The first kappa shape index (κ1) is 15.7. The number of rotatable bonds is 3. The lowest BCUT2D eigenvalue weighted by Crippen LogP contribution is -2.38. The molecular formula is C20H26N2O2. The topological polar surface area (TPSA) is 65.1 Å². The van der Waals surface area contributed by atoms with Crippen molar-refractivity contribution >= 4 is 16.8 Å². The average Bonchev–Trinajstić information content (AvgIpc) is 3.00. The van der Waals surface area contributed by atoms with Gasteiger partial charge in [-0.25, -0.2) is 0 Å². The number of benzene rings is 1. The Morgan fingerprint density at radius 2 is 1.96 bits per heavy atom. The molecule has 24 heavy (non-hydrogen) atoms. The first-order chi connectivity index (χ1) is 11.7. The van der Waals surface area contributed by atoms with E-state index in [0.717, 1.165) is 49.6 Å². The van der Waals surface area contributed by atoms with Crippen LogP contribution in [0.15, 0.2) is 18.2 Å². The summed E-state index contributed by atoms with van der Waals surface area (Å²) in [6.07, 6.45) is 8.69. The molecule has 1 aromatic carbocycles. The van der Waals surface area contributed by atoms with Gasteiger partial charge in [0.25, 0.3) is 5.91 Å². The van der Waals surface area contributed by atoms with Gasteiger partial charge in [0.2, 0.25) is 0 Å². The fraction of sp³-hybridized carbons (Fsp3) is 0.550. The van der Waals surface area contributed by atoms with Crippen LogP contribution in [0.3, 0.4) is 0 Å². The summed E-state index contributed by atoms with van der Waals surface area (Å²) in [5.41, 5.74) is 4.69. The maximum Gasteiger partial charge on any atom is 0.251 e. The molecule has 1 amide bonds. The van der Waals surface area contributed by atoms with Crippen LogP contribution in [0.1, 0.15) is 60.1 Å². The third kappa shape index (κ3) is 2.95. The second-order valence-electron chi connectivity index (χ2n) is 7.42. The van der Waals surface area contributed by atoms with Crippen molar-refractivity contribution in [3.8, 4) is 0 Å². The summed E-state index contributed by atoms with van der Waals surface area (Å²) < 4.78 is 0. The molecule has 1 heterocycles. The zero-order chi connectivity index (χ0) is 16.5. The van der Waals surface area contributed by atoms with E-state index in [1.165, 1.54) is 29.5 Å². The number of fused-ring (bicyclic) bond motifs is 3. The molecule has 1 fully saturated rings. The number of hydrogen-bond acceptors (Lipinski definition) is 2. The summed E-state index contributed by atoms with van der Waals surface area (Å²) in [7, 11) is 0. The fourth-order valence-corrected chi connectivity index (χ4v) is 4.31. The van der Waals surface area contributed by atoms with Crippen LogP contribution in [0.4, 0.5) is 0 Å². The van der Waals surface area contributed by atoms with Crippen molar-refractivity contribution in [1.29, 1.82) is 0 Å². The molecule has 0 saturated heterocycles. The Labute approximate surface area is 142 Å². The number of H-pyrrole nitrogens is 1.